The lowest BCUT2D eigenvalue weighted by molar-refractivity contribution is -0.134. The van der Waals surface area contributed by atoms with Crippen LogP contribution in [0.2, 0.25) is 0 Å². The van der Waals surface area contributed by atoms with Crippen LogP contribution in [0.1, 0.15) is 23.3 Å². The first-order valence-electron chi connectivity index (χ1n) is 5.22. The van der Waals surface area contributed by atoms with Crippen LogP contribution in [0, 0.1) is 0 Å². The normalized spacial score (nSPS) is 19.6. The Labute approximate surface area is 97.4 Å². The zero-order valence-corrected chi connectivity index (χ0v) is 8.97. The molecule has 1 fully saturated rings. The van der Waals surface area contributed by atoms with Crippen LogP contribution in [0.3, 0.4) is 0 Å². The van der Waals surface area contributed by atoms with Crippen molar-refractivity contribution in [1.29, 1.82) is 0 Å². The number of carbonyl (C=O) groups excluding carboxylic acids is 3. The number of rotatable bonds is 2. The topological polar surface area (TPSA) is 88.2 Å². The van der Waals surface area contributed by atoms with E-state index in [1.165, 1.54) is 6.20 Å². The molecule has 0 aliphatic carbocycles. The fourth-order valence-electron chi connectivity index (χ4n) is 1.56. The Kier molecular flexibility index (Phi) is 3.13. The van der Waals surface area contributed by atoms with Crippen LogP contribution in [0.25, 0.3) is 0 Å². The molecular formula is C11H11N3O3. The largest absolute Gasteiger partial charge is 0.339 e. The Morgan fingerprint density at radius 3 is 2.88 bits per heavy atom. The molecule has 0 bridgehead atoms. The van der Waals surface area contributed by atoms with Crippen LogP contribution >= 0.6 is 0 Å². The highest BCUT2D eigenvalue weighted by Gasteiger charge is 2.28. The number of nitrogens with zero attached hydrogens (tertiary/aromatic N) is 1. The number of hydrogen-bond donors (Lipinski definition) is 2. The summed E-state index contributed by atoms with van der Waals surface area (Å²) >= 11 is 0. The number of amides is 3. The van der Waals surface area contributed by atoms with Crippen molar-refractivity contribution in [2.75, 3.05) is 0 Å². The fourth-order valence-corrected chi connectivity index (χ4v) is 1.56. The average Bonchev–Trinajstić information content (AvgIpc) is 2.34. The highest BCUT2D eigenvalue weighted by atomic mass is 16.2. The summed E-state index contributed by atoms with van der Waals surface area (Å²) in [6.45, 7) is 0. The highest BCUT2D eigenvalue weighted by Crippen LogP contribution is 2.05. The second kappa shape index (κ2) is 4.73. The third-order valence-electron chi connectivity index (χ3n) is 2.44. The summed E-state index contributed by atoms with van der Waals surface area (Å²) in [6.07, 6.45) is 2.06. The molecule has 2 N–H and O–H groups in total. The molecule has 88 valence electrons. The first-order valence-corrected chi connectivity index (χ1v) is 5.22. The summed E-state index contributed by atoms with van der Waals surface area (Å²) in [4.78, 5) is 37.9. The molecule has 1 saturated heterocycles. The number of pyridine rings is 1. The van der Waals surface area contributed by atoms with Crippen LogP contribution in [0.5, 0.6) is 0 Å². The monoisotopic (exact) mass is 233 g/mol. The van der Waals surface area contributed by atoms with E-state index in [1.807, 2.05) is 0 Å². The summed E-state index contributed by atoms with van der Waals surface area (Å²) in [7, 11) is 0. The lowest BCUT2D eigenvalue weighted by Crippen LogP contribution is -2.52. The van der Waals surface area contributed by atoms with Crippen molar-refractivity contribution in [2.24, 2.45) is 0 Å². The molecule has 1 atom stereocenters. The Morgan fingerprint density at radius 2 is 2.24 bits per heavy atom. The maximum Gasteiger partial charge on any atom is 0.270 e. The highest BCUT2D eigenvalue weighted by molar-refractivity contribution is 6.03. The second-order valence-corrected chi connectivity index (χ2v) is 3.69. The number of hydrogen-bond acceptors (Lipinski definition) is 4. The minimum absolute atomic E-state index is 0.235. The van der Waals surface area contributed by atoms with Gasteiger partial charge in [0, 0.05) is 12.6 Å². The van der Waals surface area contributed by atoms with E-state index >= 15 is 0 Å². The van der Waals surface area contributed by atoms with Gasteiger partial charge in [0.25, 0.3) is 5.91 Å². The lowest BCUT2D eigenvalue weighted by Gasteiger charge is -2.21. The second-order valence-electron chi connectivity index (χ2n) is 3.69. The van der Waals surface area contributed by atoms with Crippen molar-refractivity contribution >= 4 is 17.7 Å². The quantitative estimate of drug-likeness (QED) is 0.681. The van der Waals surface area contributed by atoms with E-state index in [2.05, 4.69) is 15.6 Å². The third kappa shape index (κ3) is 2.66. The Hall–Kier alpha value is -2.24. The molecule has 1 aromatic heterocycles. The number of aromatic nitrogens is 1. The van der Waals surface area contributed by atoms with Gasteiger partial charge in [-0.05, 0) is 18.6 Å². The average molecular weight is 233 g/mol. The smallest absolute Gasteiger partial charge is 0.270 e. The predicted octanol–water partition coefficient (Wildman–Crippen LogP) is -0.383. The summed E-state index contributed by atoms with van der Waals surface area (Å²) < 4.78 is 0. The Balaban J connectivity index is 2.00. The van der Waals surface area contributed by atoms with Gasteiger partial charge in [0.05, 0.1) is 0 Å². The molecular weight excluding hydrogens is 222 g/mol. The van der Waals surface area contributed by atoms with Gasteiger partial charge in [0.1, 0.15) is 11.7 Å². The Bertz CT molecular complexity index is 458. The fraction of sp³-hybridized carbons (Fsp3) is 0.273. The minimum atomic E-state index is -0.665. The van der Waals surface area contributed by atoms with Gasteiger partial charge in [-0.1, -0.05) is 6.07 Å². The van der Waals surface area contributed by atoms with Crippen LogP contribution in [-0.2, 0) is 9.59 Å². The van der Waals surface area contributed by atoms with E-state index in [0.29, 0.717) is 6.42 Å². The van der Waals surface area contributed by atoms with Gasteiger partial charge in [0.15, 0.2) is 0 Å². The van der Waals surface area contributed by atoms with Crippen molar-refractivity contribution in [1.82, 2.24) is 15.6 Å². The van der Waals surface area contributed by atoms with Gasteiger partial charge < -0.3 is 5.32 Å². The van der Waals surface area contributed by atoms with E-state index in [1.54, 1.807) is 18.2 Å². The first kappa shape index (κ1) is 11.3. The minimum Gasteiger partial charge on any atom is -0.339 e. The molecule has 0 saturated carbocycles. The van der Waals surface area contributed by atoms with Crippen molar-refractivity contribution in [2.45, 2.75) is 18.9 Å². The zero-order chi connectivity index (χ0) is 12.3. The lowest BCUT2D eigenvalue weighted by atomic mass is 10.1. The number of piperidine rings is 1. The molecule has 17 heavy (non-hydrogen) atoms. The predicted molar refractivity (Wildman–Crippen MR) is 57.9 cm³/mol. The van der Waals surface area contributed by atoms with E-state index in [9.17, 15) is 14.4 Å². The van der Waals surface area contributed by atoms with Crippen LogP contribution in [0.15, 0.2) is 24.4 Å². The van der Waals surface area contributed by atoms with Crippen LogP contribution < -0.4 is 10.6 Å². The molecule has 6 heteroatoms. The maximum atomic E-state index is 11.7. The molecule has 6 nitrogen and oxygen atoms in total. The molecule has 1 aromatic rings. The molecule has 0 unspecified atom stereocenters. The van der Waals surface area contributed by atoms with Gasteiger partial charge in [-0.2, -0.15) is 0 Å². The van der Waals surface area contributed by atoms with Crippen LogP contribution in [0.4, 0.5) is 0 Å². The van der Waals surface area contributed by atoms with Gasteiger partial charge in [0.2, 0.25) is 11.8 Å². The van der Waals surface area contributed by atoms with Crippen molar-refractivity contribution in [3.63, 3.8) is 0 Å². The standard InChI is InChI=1S/C11H11N3O3/c15-9-5-4-8(11(17)14-9)13-10(16)7-3-1-2-6-12-7/h1-3,6,8H,4-5H2,(H,13,16)(H,14,15,17)/t8-/m0/s1. The maximum absolute atomic E-state index is 11.7. The molecule has 2 rings (SSSR count). The van der Waals surface area contributed by atoms with Crippen LogP contribution in [-0.4, -0.2) is 28.7 Å². The summed E-state index contributed by atoms with van der Waals surface area (Å²) in [6, 6.07) is 4.28. The summed E-state index contributed by atoms with van der Waals surface area (Å²) in [5.74, 6) is -1.19. The molecule has 0 radical (unpaired) electrons. The van der Waals surface area contributed by atoms with Crippen molar-refractivity contribution < 1.29 is 14.4 Å². The van der Waals surface area contributed by atoms with E-state index in [4.69, 9.17) is 0 Å². The van der Waals surface area contributed by atoms with E-state index in [-0.39, 0.29) is 18.0 Å². The molecule has 1 aliphatic rings. The first-order chi connectivity index (χ1) is 8.16. The zero-order valence-electron chi connectivity index (χ0n) is 8.97. The third-order valence-corrected chi connectivity index (χ3v) is 2.44. The molecule has 1 aliphatic heterocycles. The van der Waals surface area contributed by atoms with Crippen molar-refractivity contribution in [3.05, 3.63) is 30.1 Å². The van der Waals surface area contributed by atoms with Crippen molar-refractivity contribution in [3.8, 4) is 0 Å². The number of carbonyl (C=O) groups is 3. The Morgan fingerprint density at radius 1 is 1.41 bits per heavy atom. The van der Waals surface area contributed by atoms with Gasteiger partial charge in [-0.3, -0.25) is 24.7 Å². The molecule has 0 spiro atoms. The summed E-state index contributed by atoms with van der Waals surface area (Å²) in [5.41, 5.74) is 0.247. The van der Waals surface area contributed by atoms with Gasteiger partial charge >= 0.3 is 0 Å². The molecule has 0 aromatic carbocycles. The van der Waals surface area contributed by atoms with E-state index in [0.717, 1.165) is 0 Å². The SMILES string of the molecule is O=C1CC[C@H](NC(=O)c2ccccn2)C(=O)N1. The van der Waals surface area contributed by atoms with Gasteiger partial charge in [-0.25, -0.2) is 0 Å². The number of nitrogens with one attached hydrogen (secondary N) is 2. The number of imide groups is 1. The molecule has 2 heterocycles. The van der Waals surface area contributed by atoms with Gasteiger partial charge in [-0.15, -0.1) is 0 Å². The molecule has 3 amide bonds. The summed E-state index contributed by atoms with van der Waals surface area (Å²) in [5, 5.41) is 4.71. The van der Waals surface area contributed by atoms with E-state index < -0.39 is 17.9 Å².